The summed E-state index contributed by atoms with van der Waals surface area (Å²) in [5.74, 6) is -0.542. The number of halogens is 2. The second-order valence-electron chi connectivity index (χ2n) is 11.0. The van der Waals surface area contributed by atoms with Crippen LogP contribution >= 0.6 is 10.0 Å². The van der Waals surface area contributed by atoms with Gasteiger partial charge in [-0.3, -0.25) is 4.57 Å². The van der Waals surface area contributed by atoms with Crippen molar-refractivity contribution in [3.8, 4) is 34.6 Å². The highest BCUT2D eigenvalue weighted by atomic mass is 32.3. The van der Waals surface area contributed by atoms with Gasteiger partial charge in [-0.1, -0.05) is 18.2 Å². The average Bonchev–Trinajstić information content (AvgIpc) is 3.43. The summed E-state index contributed by atoms with van der Waals surface area (Å²) in [6.45, 7) is 1.21. The number of nitrogens with zero attached hydrogens (tertiary/aromatic N) is 5. The van der Waals surface area contributed by atoms with Gasteiger partial charge in [0.05, 0.1) is 21.3 Å². The lowest BCUT2D eigenvalue weighted by atomic mass is 10.1. The Labute approximate surface area is 263 Å². The third-order valence-corrected chi connectivity index (χ3v) is 10.6. The third-order valence-electron chi connectivity index (χ3n) is 7.07. The highest BCUT2D eigenvalue weighted by Crippen LogP contribution is 2.41. The van der Waals surface area contributed by atoms with Crippen LogP contribution in [0.25, 0.3) is 17.2 Å². The normalized spacial score (nSPS) is 13.6. The van der Waals surface area contributed by atoms with Gasteiger partial charge in [0.1, 0.15) is 45.9 Å². The molecule has 1 N–H and O–H groups in total. The molecule has 0 spiro atoms. The molecule has 0 aliphatic heterocycles. The van der Waals surface area contributed by atoms with Gasteiger partial charge in [0, 0.05) is 24.2 Å². The van der Waals surface area contributed by atoms with Crippen molar-refractivity contribution in [1.82, 2.24) is 19.7 Å². The molecular formula is C30H37F2N5O6S2. The maximum absolute atomic E-state index is 14.7. The Bertz CT molecular complexity index is 1740. The monoisotopic (exact) mass is 665 g/mol. The molecule has 0 fully saturated rings. The maximum atomic E-state index is 14.7. The molecule has 2 atom stereocenters. The highest BCUT2D eigenvalue weighted by molar-refractivity contribution is 8.32. The van der Waals surface area contributed by atoms with Crippen LogP contribution in [-0.2, 0) is 10.0 Å². The molecule has 0 aliphatic rings. The van der Waals surface area contributed by atoms with Gasteiger partial charge < -0.3 is 19.3 Å². The predicted octanol–water partition coefficient (Wildman–Crippen LogP) is 4.59. The van der Waals surface area contributed by atoms with Crippen molar-refractivity contribution in [1.29, 1.82) is 0 Å². The van der Waals surface area contributed by atoms with Crippen molar-refractivity contribution in [2.24, 2.45) is 0 Å². The Kier molecular flexibility index (Phi) is 10.2. The number of anilines is 1. The van der Waals surface area contributed by atoms with Crippen LogP contribution in [0.2, 0.25) is 0 Å². The van der Waals surface area contributed by atoms with Crippen LogP contribution in [0.15, 0.2) is 54.6 Å². The first-order valence-corrected chi connectivity index (χ1v) is 18.2. The van der Waals surface area contributed by atoms with Crippen molar-refractivity contribution >= 4 is 26.0 Å². The average molecular weight is 666 g/mol. The molecule has 4 rings (SSSR count). The summed E-state index contributed by atoms with van der Waals surface area (Å²) in [4.78, 5) is 4.50. The number of hydrogen-bond donors (Lipinski definition) is 1. The second-order valence-corrected chi connectivity index (χ2v) is 17.8. The van der Waals surface area contributed by atoms with Crippen molar-refractivity contribution in [2.75, 3.05) is 56.7 Å². The predicted molar refractivity (Wildman–Crippen MR) is 172 cm³/mol. The van der Waals surface area contributed by atoms with Crippen LogP contribution in [0, 0.1) is 11.6 Å². The number of aliphatic hydroxyl groups excluding tert-OH is 1. The number of rotatable bonds is 13. The summed E-state index contributed by atoms with van der Waals surface area (Å²) >= 11 is 0. The first-order chi connectivity index (χ1) is 21.2. The molecular weight excluding hydrogens is 628 g/mol. The zero-order valence-electron chi connectivity index (χ0n) is 26.1. The lowest BCUT2D eigenvalue weighted by molar-refractivity contribution is 0.171. The van der Waals surface area contributed by atoms with Gasteiger partial charge in [-0.25, -0.2) is 36.5 Å². The molecule has 2 aromatic heterocycles. The molecule has 45 heavy (non-hydrogen) atoms. The van der Waals surface area contributed by atoms with E-state index in [-0.39, 0.29) is 29.8 Å². The van der Waals surface area contributed by atoms with Crippen molar-refractivity contribution in [3.05, 3.63) is 71.8 Å². The molecule has 0 amide bonds. The molecule has 15 heteroatoms. The Morgan fingerprint density at radius 1 is 0.933 bits per heavy atom. The van der Waals surface area contributed by atoms with E-state index in [0.29, 0.717) is 34.7 Å². The van der Waals surface area contributed by atoms with Gasteiger partial charge in [-0.05, 0) is 55.7 Å². The van der Waals surface area contributed by atoms with Gasteiger partial charge in [0.25, 0.3) is 0 Å². The minimum absolute atomic E-state index is 0.0503. The molecule has 2 aromatic carbocycles. The van der Waals surface area contributed by atoms with E-state index in [9.17, 15) is 22.3 Å². The molecule has 0 radical (unpaired) electrons. The van der Waals surface area contributed by atoms with E-state index in [2.05, 4.69) is 15.2 Å². The number of ether oxygens (including phenoxy) is 3. The molecule has 0 saturated heterocycles. The number of aliphatic hydroxyl groups is 1. The molecule has 0 saturated carbocycles. The van der Waals surface area contributed by atoms with Gasteiger partial charge in [0.2, 0.25) is 21.9 Å². The Morgan fingerprint density at radius 3 is 2.16 bits per heavy atom. The van der Waals surface area contributed by atoms with E-state index in [1.54, 1.807) is 36.4 Å². The van der Waals surface area contributed by atoms with Gasteiger partial charge in [-0.15, -0.1) is 10.2 Å². The number of para-hydroxylation sites is 1. The standard InChI is InChI=1S/C30H37F2N5O6S2/c1-19(28(38)21-15-14-20(31)18-22(21)32)45(39,40)36(16-17-44(5,6)7)30-35-34-29(23-10-8-13-26(33-23)43-4)37(30)27-24(41-2)11-9-12-25(27)42-3/h8-15,18-19,28,38H,16-17H2,1-7H3/t19-,28-/m1/s1. The number of sulfonamides is 1. The Morgan fingerprint density at radius 2 is 1.58 bits per heavy atom. The van der Waals surface area contributed by atoms with Gasteiger partial charge >= 0.3 is 0 Å². The topological polar surface area (TPSA) is 129 Å². The first kappa shape index (κ1) is 33.9. The van der Waals surface area contributed by atoms with Crippen LogP contribution in [-0.4, -0.2) is 90.9 Å². The zero-order valence-corrected chi connectivity index (χ0v) is 27.7. The summed E-state index contributed by atoms with van der Waals surface area (Å²) in [5, 5.41) is 18.3. The minimum atomic E-state index is -4.52. The van der Waals surface area contributed by atoms with Crippen LogP contribution in [0.4, 0.5) is 14.7 Å². The molecule has 4 aromatic rings. The van der Waals surface area contributed by atoms with Crippen LogP contribution < -0.4 is 18.5 Å². The van der Waals surface area contributed by atoms with Gasteiger partial charge in [0.15, 0.2) is 5.82 Å². The number of methoxy groups -OCH3 is 3. The summed E-state index contributed by atoms with van der Waals surface area (Å²) in [5.41, 5.74) is 0.243. The highest BCUT2D eigenvalue weighted by Gasteiger charge is 2.40. The van der Waals surface area contributed by atoms with E-state index < -0.39 is 43.0 Å². The summed E-state index contributed by atoms with van der Waals surface area (Å²) in [7, 11) is -1.40. The van der Waals surface area contributed by atoms with Crippen LogP contribution in [0.3, 0.4) is 0 Å². The minimum Gasteiger partial charge on any atom is -0.494 e. The zero-order chi connectivity index (χ0) is 33.1. The Hall–Kier alpha value is -3.95. The number of hydrogen-bond acceptors (Lipinski definition) is 9. The lowest BCUT2D eigenvalue weighted by Crippen LogP contribution is -2.43. The summed E-state index contributed by atoms with van der Waals surface area (Å²) in [6, 6.07) is 12.6. The Balaban J connectivity index is 2.00. The van der Waals surface area contributed by atoms with Crippen molar-refractivity contribution in [2.45, 2.75) is 18.3 Å². The molecule has 0 aliphatic carbocycles. The quantitative estimate of drug-likeness (QED) is 0.218. The molecule has 244 valence electrons. The largest absolute Gasteiger partial charge is 0.494 e. The smallest absolute Gasteiger partial charge is 0.246 e. The van der Waals surface area contributed by atoms with Crippen molar-refractivity contribution < 1.29 is 36.5 Å². The third kappa shape index (κ3) is 7.15. The molecule has 2 heterocycles. The van der Waals surface area contributed by atoms with E-state index in [4.69, 9.17) is 14.2 Å². The van der Waals surface area contributed by atoms with Crippen LogP contribution in [0.5, 0.6) is 17.4 Å². The summed E-state index contributed by atoms with van der Waals surface area (Å²) in [6.07, 6.45) is 4.26. The fourth-order valence-electron chi connectivity index (χ4n) is 4.57. The van der Waals surface area contributed by atoms with Gasteiger partial charge in [-0.2, -0.15) is 0 Å². The number of aromatic nitrogens is 4. The summed E-state index contributed by atoms with van der Waals surface area (Å²) < 4.78 is 76.5. The van der Waals surface area contributed by atoms with E-state index in [1.165, 1.54) is 32.8 Å². The fourth-order valence-corrected chi connectivity index (χ4v) is 6.98. The second kappa shape index (κ2) is 13.6. The lowest BCUT2D eigenvalue weighted by Gasteiger charge is -2.33. The molecule has 11 nitrogen and oxygen atoms in total. The van der Waals surface area contributed by atoms with E-state index in [1.807, 2.05) is 18.8 Å². The van der Waals surface area contributed by atoms with E-state index in [0.717, 1.165) is 16.4 Å². The number of pyridine rings is 1. The maximum Gasteiger partial charge on any atom is 0.246 e. The van der Waals surface area contributed by atoms with Crippen molar-refractivity contribution in [3.63, 3.8) is 0 Å². The molecule has 0 unspecified atom stereocenters. The van der Waals surface area contributed by atoms with Crippen LogP contribution in [0.1, 0.15) is 18.6 Å². The first-order valence-electron chi connectivity index (χ1n) is 13.7. The fraction of sp³-hybridized carbons (Fsp3) is 0.367. The number of benzene rings is 2. The SMILES string of the molecule is COc1cccc(-c2nnc(N(CCS(C)(C)C)S(=O)(=O)[C@H](C)[C@@H](O)c3ccc(F)cc3F)n2-c2c(OC)cccc2OC)n1. The van der Waals surface area contributed by atoms with E-state index >= 15 is 0 Å². The molecule has 0 bridgehead atoms.